The predicted molar refractivity (Wildman–Crippen MR) is 84.0 cm³/mol. The number of hydrogen-bond donors (Lipinski definition) is 0. The van der Waals surface area contributed by atoms with Crippen molar-refractivity contribution in [1.82, 2.24) is 4.90 Å². The highest BCUT2D eigenvalue weighted by Crippen LogP contribution is 2.23. The smallest absolute Gasteiger partial charge is 0.254 e. The minimum absolute atomic E-state index is 0.0168. The second kappa shape index (κ2) is 6.62. The van der Waals surface area contributed by atoms with Crippen LogP contribution in [-0.4, -0.2) is 37.6 Å². The molecule has 1 heterocycles. The van der Waals surface area contributed by atoms with Crippen molar-refractivity contribution in [1.29, 1.82) is 0 Å². The molecule has 0 unspecified atom stereocenters. The zero-order valence-corrected chi connectivity index (χ0v) is 12.6. The Morgan fingerprint density at radius 3 is 2.77 bits per heavy atom. The largest absolute Gasteiger partial charge is 0.497 e. The molecule has 2 aromatic carbocycles. The monoisotopic (exact) mass is 297 g/mol. The van der Waals surface area contributed by atoms with Crippen molar-refractivity contribution in [2.45, 2.75) is 6.10 Å². The van der Waals surface area contributed by atoms with E-state index in [9.17, 15) is 4.79 Å². The first-order valence-electron chi connectivity index (χ1n) is 7.38. The van der Waals surface area contributed by atoms with Gasteiger partial charge < -0.3 is 14.4 Å². The van der Waals surface area contributed by atoms with Gasteiger partial charge >= 0.3 is 0 Å². The van der Waals surface area contributed by atoms with Crippen molar-refractivity contribution in [2.75, 3.05) is 26.8 Å². The number of carbonyl (C=O) groups is 1. The third kappa shape index (κ3) is 3.12. The molecule has 0 saturated carbocycles. The Kier molecular flexibility index (Phi) is 4.39. The topological polar surface area (TPSA) is 38.8 Å². The summed E-state index contributed by atoms with van der Waals surface area (Å²) in [5, 5.41) is 0. The molecule has 1 saturated heterocycles. The summed E-state index contributed by atoms with van der Waals surface area (Å²) in [6, 6.07) is 17.3. The van der Waals surface area contributed by atoms with Gasteiger partial charge in [-0.1, -0.05) is 36.4 Å². The third-order valence-electron chi connectivity index (χ3n) is 3.84. The molecule has 1 amide bonds. The van der Waals surface area contributed by atoms with E-state index >= 15 is 0 Å². The minimum Gasteiger partial charge on any atom is -0.497 e. The molecule has 22 heavy (non-hydrogen) atoms. The first-order valence-corrected chi connectivity index (χ1v) is 7.38. The van der Waals surface area contributed by atoms with E-state index in [4.69, 9.17) is 9.47 Å². The van der Waals surface area contributed by atoms with Crippen molar-refractivity contribution in [3.63, 3.8) is 0 Å². The molecule has 114 valence electrons. The van der Waals surface area contributed by atoms with Gasteiger partial charge in [-0.2, -0.15) is 0 Å². The maximum atomic E-state index is 12.7. The summed E-state index contributed by atoms with van der Waals surface area (Å²) >= 11 is 0. The highest BCUT2D eigenvalue weighted by molar-refractivity contribution is 5.94. The maximum Gasteiger partial charge on any atom is 0.254 e. The lowest BCUT2D eigenvalue weighted by atomic mass is 10.1. The van der Waals surface area contributed by atoms with Crippen LogP contribution < -0.4 is 4.74 Å². The van der Waals surface area contributed by atoms with Gasteiger partial charge in [0.2, 0.25) is 0 Å². The summed E-state index contributed by atoms with van der Waals surface area (Å²) in [7, 11) is 1.60. The Morgan fingerprint density at radius 2 is 2.00 bits per heavy atom. The van der Waals surface area contributed by atoms with E-state index in [-0.39, 0.29) is 12.0 Å². The van der Waals surface area contributed by atoms with Gasteiger partial charge in [-0.05, 0) is 23.8 Å². The first-order chi connectivity index (χ1) is 10.8. The van der Waals surface area contributed by atoms with Crippen molar-refractivity contribution in [2.24, 2.45) is 0 Å². The van der Waals surface area contributed by atoms with Crippen LogP contribution >= 0.6 is 0 Å². The number of carbonyl (C=O) groups excluding carboxylic acids is 1. The Bertz CT molecular complexity index is 642. The van der Waals surface area contributed by atoms with Gasteiger partial charge in [-0.15, -0.1) is 0 Å². The average molecular weight is 297 g/mol. The van der Waals surface area contributed by atoms with Gasteiger partial charge in [0.05, 0.1) is 20.3 Å². The molecular weight excluding hydrogens is 278 g/mol. The lowest BCUT2D eigenvalue weighted by Crippen LogP contribution is -2.42. The molecule has 0 N–H and O–H groups in total. The Hall–Kier alpha value is -2.33. The lowest BCUT2D eigenvalue weighted by molar-refractivity contribution is -0.0228. The summed E-state index contributed by atoms with van der Waals surface area (Å²) in [6.07, 6.45) is -0.0653. The number of rotatable bonds is 3. The van der Waals surface area contributed by atoms with Crippen LogP contribution in [-0.2, 0) is 4.74 Å². The molecule has 1 atom stereocenters. The van der Waals surface area contributed by atoms with Crippen LogP contribution in [0.3, 0.4) is 0 Å². The highest BCUT2D eigenvalue weighted by atomic mass is 16.5. The van der Waals surface area contributed by atoms with Crippen molar-refractivity contribution >= 4 is 5.91 Å². The Labute approximate surface area is 130 Å². The molecule has 1 aliphatic heterocycles. The van der Waals surface area contributed by atoms with Crippen LogP contribution in [0.25, 0.3) is 0 Å². The molecule has 0 radical (unpaired) electrons. The van der Waals surface area contributed by atoms with Crippen molar-refractivity contribution < 1.29 is 14.3 Å². The number of methoxy groups -OCH3 is 1. The van der Waals surface area contributed by atoms with Crippen LogP contribution in [0.5, 0.6) is 5.75 Å². The summed E-state index contributed by atoms with van der Waals surface area (Å²) in [6.45, 7) is 1.73. The quantitative estimate of drug-likeness (QED) is 0.874. The van der Waals surface area contributed by atoms with Gasteiger partial charge in [-0.3, -0.25) is 4.79 Å². The predicted octanol–water partition coefficient (Wildman–Crippen LogP) is 2.91. The average Bonchev–Trinajstić information content (AvgIpc) is 2.62. The molecule has 3 rings (SSSR count). The molecule has 4 nitrogen and oxygen atoms in total. The fourth-order valence-electron chi connectivity index (χ4n) is 2.64. The van der Waals surface area contributed by atoms with Gasteiger partial charge in [0.25, 0.3) is 5.91 Å². The number of nitrogens with zero attached hydrogens (tertiary/aromatic N) is 1. The fourth-order valence-corrected chi connectivity index (χ4v) is 2.64. The number of hydrogen-bond acceptors (Lipinski definition) is 3. The molecule has 1 aliphatic rings. The summed E-state index contributed by atoms with van der Waals surface area (Å²) in [4.78, 5) is 14.5. The van der Waals surface area contributed by atoms with Gasteiger partial charge in [0.1, 0.15) is 11.9 Å². The standard InChI is InChI=1S/C18H19NO3/c1-21-16-9-5-8-15(12-16)18(20)19-10-11-22-17(13-19)14-6-3-2-4-7-14/h2-9,12,17H,10-11,13H2,1H3/t17-/m0/s1. The number of morpholine rings is 1. The van der Waals surface area contributed by atoms with E-state index in [1.807, 2.05) is 53.4 Å². The first kappa shape index (κ1) is 14.6. The van der Waals surface area contributed by atoms with E-state index in [2.05, 4.69) is 0 Å². The maximum absolute atomic E-state index is 12.7. The normalized spacial score (nSPS) is 18.0. The van der Waals surface area contributed by atoms with Crippen LogP contribution in [0.2, 0.25) is 0 Å². The minimum atomic E-state index is -0.0653. The van der Waals surface area contributed by atoms with E-state index < -0.39 is 0 Å². The van der Waals surface area contributed by atoms with Gasteiger partial charge in [0, 0.05) is 12.1 Å². The SMILES string of the molecule is COc1cccc(C(=O)N2CCO[C@H](c3ccccc3)C2)c1. The number of benzene rings is 2. The molecule has 4 heteroatoms. The number of ether oxygens (including phenoxy) is 2. The second-order valence-electron chi connectivity index (χ2n) is 5.25. The lowest BCUT2D eigenvalue weighted by Gasteiger charge is -2.33. The second-order valence-corrected chi connectivity index (χ2v) is 5.25. The van der Waals surface area contributed by atoms with E-state index in [1.165, 1.54) is 0 Å². The van der Waals surface area contributed by atoms with Crippen LogP contribution in [0, 0.1) is 0 Å². The molecule has 2 aromatic rings. The fraction of sp³-hybridized carbons (Fsp3) is 0.278. The molecule has 1 fully saturated rings. The molecule has 0 aliphatic carbocycles. The molecular formula is C18H19NO3. The van der Waals surface area contributed by atoms with Crippen LogP contribution in [0.1, 0.15) is 22.0 Å². The van der Waals surface area contributed by atoms with E-state index in [0.29, 0.717) is 31.0 Å². The molecule has 0 bridgehead atoms. The zero-order valence-electron chi connectivity index (χ0n) is 12.6. The Balaban J connectivity index is 1.75. The van der Waals surface area contributed by atoms with Crippen molar-refractivity contribution in [3.8, 4) is 5.75 Å². The molecule has 0 spiro atoms. The van der Waals surface area contributed by atoms with Crippen LogP contribution in [0.15, 0.2) is 54.6 Å². The van der Waals surface area contributed by atoms with E-state index in [0.717, 1.165) is 5.56 Å². The van der Waals surface area contributed by atoms with Crippen molar-refractivity contribution in [3.05, 3.63) is 65.7 Å². The molecule has 0 aromatic heterocycles. The summed E-state index contributed by atoms with van der Waals surface area (Å²) in [5.74, 6) is 0.710. The van der Waals surface area contributed by atoms with Gasteiger partial charge in [-0.25, -0.2) is 0 Å². The summed E-state index contributed by atoms with van der Waals surface area (Å²) < 4.78 is 11.0. The third-order valence-corrected chi connectivity index (χ3v) is 3.84. The zero-order chi connectivity index (χ0) is 15.4. The summed E-state index contributed by atoms with van der Waals surface area (Å²) in [5.41, 5.74) is 1.75. The Morgan fingerprint density at radius 1 is 1.18 bits per heavy atom. The van der Waals surface area contributed by atoms with E-state index in [1.54, 1.807) is 13.2 Å². The number of amides is 1. The van der Waals surface area contributed by atoms with Gasteiger partial charge in [0.15, 0.2) is 0 Å². The highest BCUT2D eigenvalue weighted by Gasteiger charge is 2.26. The van der Waals surface area contributed by atoms with Crippen LogP contribution in [0.4, 0.5) is 0 Å².